The molecular formula is C14H24N4O. The van der Waals surface area contributed by atoms with Gasteiger partial charge in [-0.05, 0) is 32.6 Å². The van der Waals surface area contributed by atoms with Gasteiger partial charge in [-0.1, -0.05) is 6.92 Å². The van der Waals surface area contributed by atoms with E-state index in [0.29, 0.717) is 6.54 Å². The molecule has 1 aliphatic heterocycles. The standard InChI is InChI=1S/C14H24N4O/c1-11-4-6-17(7-5-11)12-8-13(19)18(16-9-12)14(2,3)10-15/h8-9,11H,4-7,10,15H2,1-3H3. The molecular weight excluding hydrogens is 240 g/mol. The lowest BCUT2D eigenvalue weighted by atomic mass is 9.99. The number of nitrogens with zero attached hydrogens (tertiary/aromatic N) is 3. The Morgan fingerprint density at radius 1 is 1.42 bits per heavy atom. The first-order valence-electron chi connectivity index (χ1n) is 6.99. The van der Waals surface area contributed by atoms with E-state index in [4.69, 9.17) is 5.73 Å². The molecule has 1 aromatic heterocycles. The van der Waals surface area contributed by atoms with Crippen LogP contribution in [0.1, 0.15) is 33.6 Å². The quantitative estimate of drug-likeness (QED) is 0.890. The van der Waals surface area contributed by atoms with Crippen molar-refractivity contribution in [2.45, 2.75) is 39.2 Å². The van der Waals surface area contributed by atoms with Crippen molar-refractivity contribution in [3.05, 3.63) is 22.6 Å². The van der Waals surface area contributed by atoms with Crippen LogP contribution in [0.2, 0.25) is 0 Å². The van der Waals surface area contributed by atoms with Gasteiger partial charge in [-0.15, -0.1) is 0 Å². The average molecular weight is 264 g/mol. The summed E-state index contributed by atoms with van der Waals surface area (Å²) in [5.74, 6) is 0.778. The third-order valence-corrected chi connectivity index (χ3v) is 4.01. The highest BCUT2D eigenvalue weighted by molar-refractivity contribution is 5.43. The van der Waals surface area contributed by atoms with Crippen LogP contribution in [0.3, 0.4) is 0 Å². The molecule has 5 nitrogen and oxygen atoms in total. The zero-order chi connectivity index (χ0) is 14.0. The fraction of sp³-hybridized carbons (Fsp3) is 0.714. The lowest BCUT2D eigenvalue weighted by Crippen LogP contribution is -2.44. The van der Waals surface area contributed by atoms with Gasteiger partial charge in [-0.2, -0.15) is 5.10 Å². The van der Waals surface area contributed by atoms with E-state index in [2.05, 4.69) is 16.9 Å². The fourth-order valence-electron chi connectivity index (χ4n) is 2.38. The molecule has 1 saturated heterocycles. The Kier molecular flexibility index (Phi) is 3.94. The van der Waals surface area contributed by atoms with Crippen molar-refractivity contribution >= 4 is 5.69 Å². The molecule has 2 N–H and O–H groups in total. The minimum atomic E-state index is -0.438. The van der Waals surface area contributed by atoms with Gasteiger partial charge < -0.3 is 10.6 Å². The van der Waals surface area contributed by atoms with Crippen molar-refractivity contribution in [2.75, 3.05) is 24.5 Å². The van der Waals surface area contributed by atoms with E-state index in [1.807, 2.05) is 13.8 Å². The highest BCUT2D eigenvalue weighted by Crippen LogP contribution is 2.21. The molecule has 2 rings (SSSR count). The third-order valence-electron chi connectivity index (χ3n) is 4.01. The van der Waals surface area contributed by atoms with Crippen LogP contribution in [0, 0.1) is 5.92 Å². The monoisotopic (exact) mass is 264 g/mol. The summed E-state index contributed by atoms with van der Waals surface area (Å²) in [4.78, 5) is 14.4. The smallest absolute Gasteiger partial charge is 0.269 e. The molecule has 0 aromatic carbocycles. The van der Waals surface area contributed by atoms with Crippen LogP contribution >= 0.6 is 0 Å². The van der Waals surface area contributed by atoms with Gasteiger partial charge in [0, 0.05) is 25.7 Å². The maximum absolute atomic E-state index is 12.2. The molecule has 0 atom stereocenters. The molecule has 5 heteroatoms. The Bertz CT molecular complexity index is 486. The van der Waals surface area contributed by atoms with Gasteiger partial charge in [-0.25, -0.2) is 4.68 Å². The molecule has 106 valence electrons. The van der Waals surface area contributed by atoms with Gasteiger partial charge in [0.2, 0.25) is 0 Å². The number of rotatable bonds is 3. The Hall–Kier alpha value is -1.36. The molecule has 0 amide bonds. The molecule has 0 spiro atoms. The van der Waals surface area contributed by atoms with Crippen LogP contribution < -0.4 is 16.2 Å². The molecule has 1 aromatic rings. The van der Waals surface area contributed by atoms with E-state index in [9.17, 15) is 4.79 Å². The summed E-state index contributed by atoms with van der Waals surface area (Å²) < 4.78 is 1.48. The maximum atomic E-state index is 12.2. The van der Waals surface area contributed by atoms with Crippen LogP contribution in [-0.2, 0) is 5.54 Å². The summed E-state index contributed by atoms with van der Waals surface area (Å²) in [6.07, 6.45) is 4.14. The largest absolute Gasteiger partial charge is 0.370 e. The summed E-state index contributed by atoms with van der Waals surface area (Å²) in [5, 5.41) is 4.30. The van der Waals surface area contributed by atoms with Gasteiger partial charge in [0.1, 0.15) is 0 Å². The summed E-state index contributed by atoms with van der Waals surface area (Å²) in [6.45, 7) is 8.52. The zero-order valence-corrected chi connectivity index (χ0v) is 12.1. The Morgan fingerprint density at radius 2 is 2.05 bits per heavy atom. The lowest BCUT2D eigenvalue weighted by Gasteiger charge is -2.32. The van der Waals surface area contributed by atoms with E-state index in [1.165, 1.54) is 17.5 Å². The van der Waals surface area contributed by atoms with E-state index in [0.717, 1.165) is 24.7 Å². The predicted molar refractivity (Wildman–Crippen MR) is 77.5 cm³/mol. The highest BCUT2D eigenvalue weighted by Gasteiger charge is 2.22. The minimum absolute atomic E-state index is 0.0772. The van der Waals surface area contributed by atoms with Crippen molar-refractivity contribution in [2.24, 2.45) is 11.7 Å². The molecule has 0 saturated carbocycles. The Morgan fingerprint density at radius 3 is 2.58 bits per heavy atom. The molecule has 0 aliphatic carbocycles. The van der Waals surface area contributed by atoms with Crippen LogP contribution in [0.25, 0.3) is 0 Å². The van der Waals surface area contributed by atoms with Crippen molar-refractivity contribution < 1.29 is 0 Å². The topological polar surface area (TPSA) is 64.2 Å². The number of piperidine rings is 1. The van der Waals surface area contributed by atoms with E-state index in [-0.39, 0.29) is 5.56 Å². The van der Waals surface area contributed by atoms with Crippen LogP contribution in [-0.4, -0.2) is 29.4 Å². The zero-order valence-electron chi connectivity index (χ0n) is 12.1. The first-order valence-corrected chi connectivity index (χ1v) is 6.99. The van der Waals surface area contributed by atoms with Crippen LogP contribution in [0.4, 0.5) is 5.69 Å². The summed E-state index contributed by atoms with van der Waals surface area (Å²) in [5.41, 5.74) is 6.11. The first-order chi connectivity index (χ1) is 8.94. The molecule has 1 aliphatic rings. The molecule has 0 bridgehead atoms. The van der Waals surface area contributed by atoms with E-state index in [1.54, 1.807) is 12.3 Å². The lowest BCUT2D eigenvalue weighted by molar-refractivity contribution is 0.314. The molecule has 19 heavy (non-hydrogen) atoms. The van der Waals surface area contributed by atoms with E-state index < -0.39 is 5.54 Å². The molecule has 2 heterocycles. The Labute approximate surface area is 114 Å². The second kappa shape index (κ2) is 5.33. The SMILES string of the molecule is CC1CCN(c2cnn(C(C)(C)CN)c(=O)c2)CC1. The summed E-state index contributed by atoms with van der Waals surface area (Å²) >= 11 is 0. The van der Waals surface area contributed by atoms with Gasteiger partial charge in [0.15, 0.2) is 0 Å². The van der Waals surface area contributed by atoms with Gasteiger partial charge in [0.25, 0.3) is 5.56 Å². The van der Waals surface area contributed by atoms with E-state index >= 15 is 0 Å². The fourth-order valence-corrected chi connectivity index (χ4v) is 2.38. The number of nitrogens with two attached hydrogens (primary N) is 1. The van der Waals surface area contributed by atoms with Crippen molar-refractivity contribution in [3.8, 4) is 0 Å². The van der Waals surface area contributed by atoms with Gasteiger partial charge >= 0.3 is 0 Å². The Balaban J connectivity index is 2.22. The van der Waals surface area contributed by atoms with Gasteiger partial charge in [-0.3, -0.25) is 4.79 Å². The highest BCUT2D eigenvalue weighted by atomic mass is 16.1. The van der Waals surface area contributed by atoms with Crippen molar-refractivity contribution in [3.63, 3.8) is 0 Å². The average Bonchev–Trinajstić information content (AvgIpc) is 2.39. The second-order valence-corrected chi connectivity index (χ2v) is 6.15. The normalized spacial score (nSPS) is 17.8. The third kappa shape index (κ3) is 2.97. The minimum Gasteiger partial charge on any atom is -0.370 e. The molecule has 1 fully saturated rings. The van der Waals surface area contributed by atoms with Gasteiger partial charge in [0.05, 0.1) is 17.4 Å². The van der Waals surface area contributed by atoms with Crippen molar-refractivity contribution in [1.82, 2.24) is 9.78 Å². The van der Waals surface area contributed by atoms with Crippen LogP contribution in [0.5, 0.6) is 0 Å². The molecule has 0 unspecified atom stereocenters. The summed E-state index contributed by atoms with van der Waals surface area (Å²) in [6, 6.07) is 1.68. The number of aromatic nitrogens is 2. The molecule has 0 radical (unpaired) electrons. The van der Waals surface area contributed by atoms with Crippen molar-refractivity contribution in [1.29, 1.82) is 0 Å². The number of hydrogen-bond acceptors (Lipinski definition) is 4. The first kappa shape index (κ1) is 14.1. The number of hydrogen-bond donors (Lipinski definition) is 1. The van der Waals surface area contributed by atoms with Crippen LogP contribution in [0.15, 0.2) is 17.1 Å². The second-order valence-electron chi connectivity index (χ2n) is 6.15. The number of anilines is 1. The summed E-state index contributed by atoms with van der Waals surface area (Å²) in [7, 11) is 0. The maximum Gasteiger partial charge on any atom is 0.269 e. The predicted octanol–water partition coefficient (Wildman–Crippen LogP) is 1.17.